The summed E-state index contributed by atoms with van der Waals surface area (Å²) in [4.78, 5) is 0. The van der Waals surface area contributed by atoms with Crippen molar-refractivity contribution in [1.29, 1.82) is 0 Å². The summed E-state index contributed by atoms with van der Waals surface area (Å²) < 4.78 is 76.1. The maximum absolute atomic E-state index is 12.8. The van der Waals surface area contributed by atoms with Crippen molar-refractivity contribution in [2.24, 2.45) is 11.5 Å². The van der Waals surface area contributed by atoms with Crippen LogP contribution in [0, 0.1) is 0 Å². The summed E-state index contributed by atoms with van der Waals surface area (Å²) in [6, 6.07) is 0.143. The number of nitrogens with two attached hydrogens (primary N) is 2. The minimum absolute atomic E-state index is 0.0842. The highest BCUT2D eigenvalue weighted by Crippen LogP contribution is 2.38. The molecule has 0 aliphatic rings. The van der Waals surface area contributed by atoms with Gasteiger partial charge in [0.05, 0.1) is 11.1 Å². The fraction of sp³-hybridized carbons (Fsp3) is 0.500. The molecule has 0 fully saturated rings. The van der Waals surface area contributed by atoms with E-state index >= 15 is 0 Å². The Hall–Kier alpha value is -1.28. The Kier molecular flexibility index (Phi) is 5.04. The standard InChI is InChI=1S/C12H14F6N2/c13-11(14,15)7-3-4-9(12(16,17)18)8(6-7)10(20)2-1-5-19/h3-4,6,10H,1-2,5,19-20H2/t10-/m1/s1. The zero-order valence-corrected chi connectivity index (χ0v) is 10.4. The van der Waals surface area contributed by atoms with Gasteiger partial charge in [0.25, 0.3) is 0 Å². The molecule has 0 amide bonds. The summed E-state index contributed by atoms with van der Waals surface area (Å²) in [6.07, 6.45) is -9.05. The molecule has 1 atom stereocenters. The number of rotatable bonds is 4. The Morgan fingerprint density at radius 3 is 2.05 bits per heavy atom. The number of alkyl halides is 6. The van der Waals surface area contributed by atoms with E-state index in [2.05, 4.69) is 0 Å². The average molecular weight is 300 g/mol. The lowest BCUT2D eigenvalue weighted by Gasteiger charge is -2.20. The van der Waals surface area contributed by atoms with Crippen LogP contribution in [0.15, 0.2) is 18.2 Å². The van der Waals surface area contributed by atoms with E-state index in [-0.39, 0.29) is 13.0 Å². The summed E-state index contributed by atoms with van der Waals surface area (Å²) in [7, 11) is 0. The van der Waals surface area contributed by atoms with E-state index in [0.29, 0.717) is 24.6 Å². The van der Waals surface area contributed by atoms with E-state index in [9.17, 15) is 26.3 Å². The molecule has 0 radical (unpaired) electrons. The first-order chi connectivity index (χ1) is 9.07. The van der Waals surface area contributed by atoms with Crippen molar-refractivity contribution >= 4 is 0 Å². The third-order valence-electron chi connectivity index (χ3n) is 2.80. The molecule has 4 N–H and O–H groups in total. The van der Waals surface area contributed by atoms with Crippen LogP contribution in [0.5, 0.6) is 0 Å². The molecule has 1 aromatic carbocycles. The minimum atomic E-state index is -4.75. The summed E-state index contributed by atoms with van der Waals surface area (Å²) in [5, 5.41) is 0. The van der Waals surface area contributed by atoms with Crippen LogP contribution in [0.3, 0.4) is 0 Å². The van der Waals surface area contributed by atoms with Crippen molar-refractivity contribution in [2.45, 2.75) is 31.2 Å². The third-order valence-corrected chi connectivity index (χ3v) is 2.80. The van der Waals surface area contributed by atoms with Gasteiger partial charge < -0.3 is 11.5 Å². The Balaban J connectivity index is 3.27. The number of hydrogen-bond donors (Lipinski definition) is 2. The zero-order chi connectivity index (χ0) is 15.6. The molecule has 0 bridgehead atoms. The molecule has 0 aromatic heterocycles. The van der Waals surface area contributed by atoms with Gasteiger partial charge >= 0.3 is 12.4 Å². The zero-order valence-electron chi connectivity index (χ0n) is 10.4. The molecule has 20 heavy (non-hydrogen) atoms. The van der Waals surface area contributed by atoms with Crippen molar-refractivity contribution in [1.82, 2.24) is 0 Å². The van der Waals surface area contributed by atoms with Crippen LogP contribution in [0.2, 0.25) is 0 Å². The van der Waals surface area contributed by atoms with E-state index < -0.39 is 35.1 Å². The Labute approximate surface area is 111 Å². The van der Waals surface area contributed by atoms with Crippen LogP contribution in [0.25, 0.3) is 0 Å². The third kappa shape index (κ3) is 4.11. The van der Waals surface area contributed by atoms with Gasteiger partial charge in [-0.3, -0.25) is 0 Å². The van der Waals surface area contributed by atoms with Crippen molar-refractivity contribution in [2.75, 3.05) is 6.54 Å². The second-order valence-electron chi connectivity index (χ2n) is 4.33. The van der Waals surface area contributed by atoms with E-state index in [4.69, 9.17) is 11.5 Å². The quantitative estimate of drug-likeness (QED) is 0.837. The molecule has 114 valence electrons. The van der Waals surface area contributed by atoms with Crippen LogP contribution < -0.4 is 11.5 Å². The van der Waals surface area contributed by atoms with Gasteiger partial charge in [-0.25, -0.2) is 0 Å². The second kappa shape index (κ2) is 6.01. The van der Waals surface area contributed by atoms with Crippen LogP contribution in [0.1, 0.15) is 35.6 Å². The lowest BCUT2D eigenvalue weighted by molar-refractivity contribution is -0.142. The molecular formula is C12H14F6N2. The van der Waals surface area contributed by atoms with Crippen molar-refractivity contribution < 1.29 is 26.3 Å². The molecule has 1 aromatic rings. The van der Waals surface area contributed by atoms with Gasteiger partial charge in [0.2, 0.25) is 0 Å². The minimum Gasteiger partial charge on any atom is -0.330 e. The summed E-state index contributed by atoms with van der Waals surface area (Å²) in [5.74, 6) is 0. The van der Waals surface area contributed by atoms with Crippen LogP contribution in [-0.4, -0.2) is 6.54 Å². The first-order valence-corrected chi connectivity index (χ1v) is 5.81. The number of hydrogen-bond acceptors (Lipinski definition) is 2. The Bertz CT molecular complexity index is 452. The molecule has 8 heteroatoms. The highest BCUT2D eigenvalue weighted by atomic mass is 19.4. The van der Waals surface area contributed by atoms with E-state index in [1.54, 1.807) is 0 Å². The van der Waals surface area contributed by atoms with Crippen molar-refractivity contribution in [3.05, 3.63) is 34.9 Å². The summed E-state index contributed by atoms with van der Waals surface area (Å²) >= 11 is 0. The molecule has 0 unspecified atom stereocenters. The van der Waals surface area contributed by atoms with E-state index in [1.165, 1.54) is 0 Å². The highest BCUT2D eigenvalue weighted by molar-refractivity contribution is 5.37. The molecule has 0 aliphatic heterocycles. The largest absolute Gasteiger partial charge is 0.416 e. The predicted molar refractivity (Wildman–Crippen MR) is 61.7 cm³/mol. The number of benzene rings is 1. The van der Waals surface area contributed by atoms with Gasteiger partial charge in [0.15, 0.2) is 0 Å². The van der Waals surface area contributed by atoms with Gasteiger partial charge in [0, 0.05) is 6.04 Å². The molecule has 0 aliphatic carbocycles. The van der Waals surface area contributed by atoms with Crippen molar-refractivity contribution in [3.8, 4) is 0 Å². The second-order valence-corrected chi connectivity index (χ2v) is 4.33. The topological polar surface area (TPSA) is 52.0 Å². The van der Waals surface area contributed by atoms with Crippen molar-refractivity contribution in [3.63, 3.8) is 0 Å². The SMILES string of the molecule is NCCC[C@@H](N)c1cc(C(F)(F)F)ccc1C(F)(F)F. The molecular weight excluding hydrogens is 286 g/mol. The first kappa shape index (κ1) is 16.8. The molecule has 0 heterocycles. The van der Waals surface area contributed by atoms with Gasteiger partial charge in [-0.05, 0) is 43.1 Å². The van der Waals surface area contributed by atoms with E-state index in [0.717, 1.165) is 0 Å². The van der Waals surface area contributed by atoms with Gasteiger partial charge in [0.1, 0.15) is 0 Å². The predicted octanol–water partition coefficient (Wildman–Crippen LogP) is 3.46. The Morgan fingerprint density at radius 2 is 1.60 bits per heavy atom. The molecule has 0 saturated carbocycles. The van der Waals surface area contributed by atoms with Gasteiger partial charge in [-0.1, -0.05) is 0 Å². The van der Waals surface area contributed by atoms with Crippen LogP contribution in [0.4, 0.5) is 26.3 Å². The lowest BCUT2D eigenvalue weighted by atomic mass is 9.94. The summed E-state index contributed by atoms with van der Waals surface area (Å²) in [5.41, 5.74) is 7.94. The highest BCUT2D eigenvalue weighted by Gasteiger charge is 2.37. The van der Waals surface area contributed by atoms with Crippen LogP contribution >= 0.6 is 0 Å². The smallest absolute Gasteiger partial charge is 0.330 e. The van der Waals surface area contributed by atoms with E-state index in [1.807, 2.05) is 0 Å². The number of halogens is 6. The molecule has 1 rings (SSSR count). The molecule has 0 saturated heterocycles. The van der Waals surface area contributed by atoms with Gasteiger partial charge in [-0.15, -0.1) is 0 Å². The molecule has 0 spiro atoms. The van der Waals surface area contributed by atoms with Gasteiger partial charge in [-0.2, -0.15) is 26.3 Å². The Morgan fingerprint density at radius 1 is 1.00 bits per heavy atom. The summed E-state index contributed by atoms with van der Waals surface area (Å²) in [6.45, 7) is 0.202. The normalized spacial score (nSPS) is 14.4. The average Bonchev–Trinajstić information content (AvgIpc) is 2.33. The fourth-order valence-electron chi connectivity index (χ4n) is 1.80. The van der Waals surface area contributed by atoms with Crippen LogP contribution in [-0.2, 0) is 12.4 Å². The molecule has 2 nitrogen and oxygen atoms in total. The lowest BCUT2D eigenvalue weighted by Crippen LogP contribution is -2.20. The fourth-order valence-corrected chi connectivity index (χ4v) is 1.80. The maximum atomic E-state index is 12.8. The first-order valence-electron chi connectivity index (χ1n) is 5.81. The monoisotopic (exact) mass is 300 g/mol. The maximum Gasteiger partial charge on any atom is 0.416 e.